The molecule has 0 aromatic heterocycles. The molecule has 1 aliphatic rings. The van der Waals surface area contributed by atoms with E-state index in [1.54, 1.807) is 0 Å². The van der Waals surface area contributed by atoms with Gasteiger partial charge in [-0.15, -0.1) is 0 Å². The first kappa shape index (κ1) is 11.4. The molecule has 16 heavy (non-hydrogen) atoms. The van der Waals surface area contributed by atoms with Gasteiger partial charge >= 0.3 is 0 Å². The molecule has 2 heteroatoms. The third kappa shape index (κ3) is 3.19. The minimum Gasteiger partial charge on any atom is -0.353 e. The Hall–Kier alpha value is -1.12. The Labute approximate surface area is 96.9 Å². The van der Waals surface area contributed by atoms with Crippen molar-refractivity contribution in [3.8, 4) is 0 Å². The molecule has 0 radical (unpaired) electrons. The van der Waals surface area contributed by atoms with Crippen molar-refractivity contribution in [2.24, 2.45) is 0 Å². The highest BCUT2D eigenvalue weighted by atomic mass is 16.7. The highest BCUT2D eigenvalue weighted by Gasteiger charge is 2.14. The molecule has 1 saturated heterocycles. The summed E-state index contributed by atoms with van der Waals surface area (Å²) in [6.45, 7) is 5.74. The molecule has 0 N–H and O–H groups in total. The Morgan fingerprint density at radius 2 is 1.88 bits per heavy atom. The van der Waals surface area contributed by atoms with Gasteiger partial charge in [0.25, 0.3) is 0 Å². The van der Waals surface area contributed by atoms with Crippen molar-refractivity contribution in [1.82, 2.24) is 0 Å². The highest BCUT2D eigenvalue weighted by Crippen LogP contribution is 2.20. The monoisotopic (exact) mass is 218 g/mol. The fourth-order valence-corrected chi connectivity index (χ4v) is 1.81. The van der Waals surface area contributed by atoms with Gasteiger partial charge in [-0.1, -0.05) is 36.9 Å². The number of benzene rings is 1. The first-order chi connectivity index (χ1) is 7.86. The second-order valence-electron chi connectivity index (χ2n) is 4.03. The van der Waals surface area contributed by atoms with Crippen molar-refractivity contribution in [2.45, 2.75) is 25.6 Å². The molecule has 0 bridgehead atoms. The van der Waals surface area contributed by atoms with Gasteiger partial charge in [0, 0.05) is 6.42 Å². The van der Waals surface area contributed by atoms with E-state index in [2.05, 4.69) is 18.7 Å². The molecular weight excluding hydrogens is 200 g/mol. The van der Waals surface area contributed by atoms with Crippen LogP contribution in [0.15, 0.2) is 36.9 Å². The first-order valence-corrected chi connectivity index (χ1v) is 5.82. The summed E-state index contributed by atoms with van der Waals surface area (Å²) in [5.74, 6) is 0. The largest absolute Gasteiger partial charge is 0.353 e. The zero-order chi connectivity index (χ0) is 11.2. The molecule has 1 fully saturated rings. The molecule has 1 aromatic carbocycles. The molecule has 0 spiro atoms. The lowest BCUT2D eigenvalue weighted by Crippen LogP contribution is -2.24. The van der Waals surface area contributed by atoms with Crippen molar-refractivity contribution in [3.05, 3.63) is 42.5 Å². The van der Waals surface area contributed by atoms with Gasteiger partial charge in [0.2, 0.25) is 0 Å². The van der Waals surface area contributed by atoms with Gasteiger partial charge in [0.05, 0.1) is 13.2 Å². The van der Waals surface area contributed by atoms with Crippen LogP contribution < -0.4 is 0 Å². The van der Waals surface area contributed by atoms with Gasteiger partial charge in [-0.05, 0) is 24.0 Å². The molecule has 0 aliphatic carbocycles. The lowest BCUT2D eigenvalue weighted by atomic mass is 10.0. The van der Waals surface area contributed by atoms with Crippen molar-refractivity contribution >= 4 is 5.57 Å². The minimum atomic E-state index is -0.0331. The minimum absolute atomic E-state index is 0.0331. The number of allylic oxidation sites excluding steroid dienone is 1. The topological polar surface area (TPSA) is 18.5 Å². The van der Waals surface area contributed by atoms with Crippen LogP contribution in [0.5, 0.6) is 0 Å². The molecule has 0 atom stereocenters. The fourth-order valence-electron chi connectivity index (χ4n) is 1.81. The summed E-state index contributed by atoms with van der Waals surface area (Å²) in [6, 6.07) is 10.3. The summed E-state index contributed by atoms with van der Waals surface area (Å²) in [6.07, 6.45) is 2.80. The average molecular weight is 218 g/mol. The van der Waals surface area contributed by atoms with Gasteiger partial charge in [0.15, 0.2) is 6.29 Å². The van der Waals surface area contributed by atoms with Gasteiger partial charge in [-0.3, -0.25) is 0 Å². The third-order valence-electron chi connectivity index (χ3n) is 2.76. The molecule has 2 nitrogen and oxygen atoms in total. The van der Waals surface area contributed by atoms with Gasteiger partial charge < -0.3 is 9.47 Å². The summed E-state index contributed by atoms with van der Waals surface area (Å²) in [5, 5.41) is 0. The van der Waals surface area contributed by atoms with Crippen LogP contribution in [0.25, 0.3) is 5.57 Å². The third-order valence-corrected chi connectivity index (χ3v) is 2.76. The molecule has 0 saturated carbocycles. The van der Waals surface area contributed by atoms with Gasteiger partial charge in [-0.2, -0.15) is 0 Å². The van der Waals surface area contributed by atoms with Crippen molar-refractivity contribution in [1.29, 1.82) is 0 Å². The molecule has 0 unspecified atom stereocenters. The summed E-state index contributed by atoms with van der Waals surface area (Å²) in [4.78, 5) is 0. The molecule has 1 heterocycles. The SMILES string of the molecule is C=C(CCC1OCCCO1)c1ccccc1. The smallest absolute Gasteiger partial charge is 0.157 e. The van der Waals surface area contributed by atoms with Crippen molar-refractivity contribution in [3.63, 3.8) is 0 Å². The summed E-state index contributed by atoms with van der Waals surface area (Å²) in [7, 11) is 0. The first-order valence-electron chi connectivity index (χ1n) is 5.82. The van der Waals surface area contributed by atoms with Crippen molar-refractivity contribution in [2.75, 3.05) is 13.2 Å². The lowest BCUT2D eigenvalue weighted by molar-refractivity contribution is -0.180. The Morgan fingerprint density at radius 1 is 1.19 bits per heavy atom. The van der Waals surface area contributed by atoms with Crippen LogP contribution in [0.4, 0.5) is 0 Å². The molecule has 1 aromatic rings. The Morgan fingerprint density at radius 3 is 2.56 bits per heavy atom. The standard InChI is InChI=1S/C14H18O2/c1-12(13-6-3-2-4-7-13)8-9-14-15-10-5-11-16-14/h2-4,6-7,14H,1,5,8-11H2. The summed E-state index contributed by atoms with van der Waals surface area (Å²) < 4.78 is 11.0. The number of ether oxygens (including phenoxy) is 2. The van der Waals surface area contributed by atoms with Crippen LogP contribution in [0.1, 0.15) is 24.8 Å². The van der Waals surface area contributed by atoms with Crippen molar-refractivity contribution < 1.29 is 9.47 Å². The fraction of sp³-hybridized carbons (Fsp3) is 0.429. The highest BCUT2D eigenvalue weighted by molar-refractivity contribution is 5.62. The second kappa shape index (κ2) is 5.83. The Kier molecular flexibility index (Phi) is 4.14. The number of hydrogen-bond donors (Lipinski definition) is 0. The van der Waals surface area contributed by atoms with E-state index in [0.717, 1.165) is 38.0 Å². The zero-order valence-corrected chi connectivity index (χ0v) is 9.52. The van der Waals surface area contributed by atoms with Gasteiger partial charge in [0.1, 0.15) is 0 Å². The Balaban J connectivity index is 1.79. The molecule has 1 aliphatic heterocycles. The van der Waals surface area contributed by atoms with E-state index < -0.39 is 0 Å². The van der Waals surface area contributed by atoms with Crippen LogP contribution in [-0.2, 0) is 9.47 Å². The van der Waals surface area contributed by atoms with Crippen LogP contribution >= 0.6 is 0 Å². The van der Waals surface area contributed by atoms with Gasteiger partial charge in [-0.25, -0.2) is 0 Å². The average Bonchev–Trinajstić information content (AvgIpc) is 2.38. The molecule has 2 rings (SSSR count). The second-order valence-corrected chi connectivity index (χ2v) is 4.03. The van der Waals surface area contributed by atoms with E-state index in [1.165, 1.54) is 5.56 Å². The van der Waals surface area contributed by atoms with Crippen LogP contribution in [0.2, 0.25) is 0 Å². The molecular formula is C14H18O2. The predicted octanol–water partition coefficient (Wildman–Crippen LogP) is 3.24. The van der Waals surface area contributed by atoms with Crippen LogP contribution in [0, 0.1) is 0 Å². The van der Waals surface area contributed by atoms with E-state index in [9.17, 15) is 0 Å². The lowest BCUT2D eigenvalue weighted by Gasteiger charge is -2.23. The van der Waals surface area contributed by atoms with E-state index in [1.807, 2.05) is 18.2 Å². The predicted molar refractivity (Wildman–Crippen MR) is 65.0 cm³/mol. The maximum Gasteiger partial charge on any atom is 0.157 e. The zero-order valence-electron chi connectivity index (χ0n) is 9.52. The summed E-state index contributed by atoms with van der Waals surface area (Å²) >= 11 is 0. The normalized spacial score (nSPS) is 17.2. The maximum atomic E-state index is 5.50. The maximum absolute atomic E-state index is 5.50. The quantitative estimate of drug-likeness (QED) is 0.772. The van der Waals surface area contributed by atoms with E-state index in [-0.39, 0.29) is 6.29 Å². The molecule has 86 valence electrons. The number of hydrogen-bond acceptors (Lipinski definition) is 2. The summed E-state index contributed by atoms with van der Waals surface area (Å²) in [5.41, 5.74) is 2.36. The molecule has 0 amide bonds. The van der Waals surface area contributed by atoms with E-state index >= 15 is 0 Å². The number of rotatable bonds is 4. The van der Waals surface area contributed by atoms with Crippen LogP contribution in [-0.4, -0.2) is 19.5 Å². The van der Waals surface area contributed by atoms with E-state index in [0.29, 0.717) is 0 Å². The van der Waals surface area contributed by atoms with Crippen LogP contribution in [0.3, 0.4) is 0 Å². The van der Waals surface area contributed by atoms with E-state index in [4.69, 9.17) is 9.47 Å². The Bertz CT molecular complexity index is 326.